The normalized spacial score (nSPS) is 31.2. The molecule has 168 valence electrons. The second kappa shape index (κ2) is 8.68. The summed E-state index contributed by atoms with van der Waals surface area (Å²) in [5.74, 6) is -0.790. The van der Waals surface area contributed by atoms with Gasteiger partial charge in [0, 0.05) is 30.9 Å². The lowest BCUT2D eigenvalue weighted by Gasteiger charge is -2.40. The summed E-state index contributed by atoms with van der Waals surface area (Å²) >= 11 is 0. The number of aliphatic carboxylic acids is 1. The van der Waals surface area contributed by atoms with E-state index in [1.165, 1.54) is 0 Å². The maximum atomic E-state index is 11.1. The molecule has 3 rings (SSSR count). The molecule has 1 aliphatic carbocycles. The number of aryl methyl sites for hydroxylation is 1. The molecule has 1 aromatic carbocycles. The molecule has 0 saturated heterocycles. The molecule has 1 heterocycles. The lowest BCUT2D eigenvalue weighted by Crippen LogP contribution is -2.56. The second-order valence-electron chi connectivity index (χ2n) is 8.69. The van der Waals surface area contributed by atoms with E-state index in [1.54, 1.807) is 26.0 Å². The lowest BCUT2D eigenvalue weighted by atomic mass is 9.81. The van der Waals surface area contributed by atoms with E-state index in [0.717, 1.165) is 0 Å². The average Bonchev–Trinajstić information content (AvgIpc) is 3.12. The predicted octanol–water partition coefficient (Wildman–Crippen LogP) is -0.380. The van der Waals surface area contributed by atoms with Crippen molar-refractivity contribution in [3.63, 3.8) is 0 Å². The molecule has 6 atom stereocenters. The van der Waals surface area contributed by atoms with Gasteiger partial charge < -0.3 is 40.1 Å². The number of ether oxygens (including phenoxy) is 2. The smallest absolute Gasteiger partial charge is 0.303 e. The van der Waals surface area contributed by atoms with Gasteiger partial charge in [-0.25, -0.2) is 0 Å². The SMILES string of the molecule is CC(C)(O)[C@@H]1Cc2c(ccc(CCC(=O)O)c2O[C@@H]2C[C@@H](CO)[C@@H](O)[C@@H](O)[C@@H]2O)O1. The summed E-state index contributed by atoms with van der Waals surface area (Å²) in [5.41, 5.74) is 0.132. The maximum Gasteiger partial charge on any atom is 0.303 e. The lowest BCUT2D eigenvalue weighted by molar-refractivity contribution is -0.157. The Labute approximate surface area is 174 Å². The minimum Gasteiger partial charge on any atom is -0.487 e. The monoisotopic (exact) mass is 426 g/mol. The fourth-order valence-corrected chi connectivity index (χ4v) is 4.05. The van der Waals surface area contributed by atoms with Crippen molar-refractivity contribution in [2.24, 2.45) is 5.92 Å². The Morgan fingerprint density at radius 1 is 1.20 bits per heavy atom. The number of hydrogen-bond donors (Lipinski definition) is 6. The third-order valence-electron chi connectivity index (χ3n) is 5.96. The number of carboxylic acid groups (broad SMARTS) is 1. The molecule has 1 aromatic rings. The summed E-state index contributed by atoms with van der Waals surface area (Å²) in [6.45, 7) is 2.88. The van der Waals surface area contributed by atoms with Gasteiger partial charge >= 0.3 is 5.97 Å². The van der Waals surface area contributed by atoms with Crippen LogP contribution in [0.15, 0.2) is 12.1 Å². The molecular formula is C21H30O9. The molecule has 0 aromatic heterocycles. The zero-order valence-electron chi connectivity index (χ0n) is 17.1. The second-order valence-corrected chi connectivity index (χ2v) is 8.69. The van der Waals surface area contributed by atoms with Crippen LogP contribution in [0.5, 0.6) is 11.5 Å². The molecule has 0 amide bonds. The molecular weight excluding hydrogens is 396 g/mol. The number of aliphatic hydroxyl groups is 5. The molecule has 2 aliphatic rings. The van der Waals surface area contributed by atoms with Crippen LogP contribution in [0.1, 0.15) is 37.8 Å². The minimum atomic E-state index is -1.49. The first-order chi connectivity index (χ1) is 14.0. The van der Waals surface area contributed by atoms with Gasteiger partial charge in [-0.15, -0.1) is 0 Å². The third kappa shape index (κ3) is 4.55. The van der Waals surface area contributed by atoms with Crippen molar-refractivity contribution < 1.29 is 44.9 Å². The van der Waals surface area contributed by atoms with Gasteiger partial charge in [-0.2, -0.15) is 0 Å². The van der Waals surface area contributed by atoms with Crippen LogP contribution >= 0.6 is 0 Å². The van der Waals surface area contributed by atoms with Crippen molar-refractivity contribution in [3.05, 3.63) is 23.3 Å². The van der Waals surface area contributed by atoms with E-state index in [-0.39, 0.29) is 25.9 Å². The Bertz CT molecular complexity index is 770. The Hall–Kier alpha value is -1.91. The highest BCUT2D eigenvalue weighted by atomic mass is 16.5. The summed E-state index contributed by atoms with van der Waals surface area (Å²) in [7, 11) is 0. The van der Waals surface area contributed by atoms with Gasteiger partial charge in [-0.1, -0.05) is 6.07 Å². The van der Waals surface area contributed by atoms with Crippen LogP contribution in [0.4, 0.5) is 0 Å². The molecule has 9 heteroatoms. The molecule has 6 N–H and O–H groups in total. The van der Waals surface area contributed by atoms with Gasteiger partial charge in [0.1, 0.15) is 35.9 Å². The first kappa shape index (κ1) is 22.8. The van der Waals surface area contributed by atoms with E-state index in [1.807, 2.05) is 0 Å². The highest BCUT2D eigenvalue weighted by molar-refractivity contribution is 5.67. The largest absolute Gasteiger partial charge is 0.487 e. The fourth-order valence-electron chi connectivity index (χ4n) is 4.05. The van der Waals surface area contributed by atoms with Crippen molar-refractivity contribution >= 4 is 5.97 Å². The molecule has 1 saturated carbocycles. The maximum absolute atomic E-state index is 11.1. The molecule has 0 radical (unpaired) electrons. The van der Waals surface area contributed by atoms with Gasteiger partial charge in [-0.05, 0) is 38.3 Å². The zero-order valence-corrected chi connectivity index (χ0v) is 17.1. The minimum absolute atomic E-state index is 0.105. The van der Waals surface area contributed by atoms with Crippen LogP contribution in [0, 0.1) is 5.92 Å². The summed E-state index contributed by atoms with van der Waals surface area (Å²) in [4.78, 5) is 11.1. The van der Waals surface area contributed by atoms with Gasteiger partial charge in [0.05, 0.1) is 11.7 Å². The van der Waals surface area contributed by atoms with Crippen LogP contribution in [-0.4, -0.2) is 79.3 Å². The predicted molar refractivity (Wildman–Crippen MR) is 104 cm³/mol. The summed E-state index contributed by atoms with van der Waals surface area (Å²) in [6, 6.07) is 3.39. The van der Waals surface area contributed by atoms with E-state index >= 15 is 0 Å². The number of benzene rings is 1. The van der Waals surface area contributed by atoms with E-state index in [4.69, 9.17) is 14.6 Å². The van der Waals surface area contributed by atoms with Gasteiger partial charge in [-0.3, -0.25) is 4.79 Å². The third-order valence-corrected chi connectivity index (χ3v) is 5.96. The number of rotatable bonds is 7. The van der Waals surface area contributed by atoms with E-state index in [0.29, 0.717) is 29.0 Å². The van der Waals surface area contributed by atoms with Gasteiger partial charge in [0.25, 0.3) is 0 Å². The van der Waals surface area contributed by atoms with Crippen molar-refractivity contribution in [2.75, 3.05) is 6.61 Å². The zero-order chi connectivity index (χ0) is 22.2. The highest BCUT2D eigenvalue weighted by Gasteiger charge is 2.45. The number of carboxylic acids is 1. The number of aliphatic hydroxyl groups excluding tert-OH is 4. The summed E-state index contributed by atoms with van der Waals surface area (Å²) < 4.78 is 11.9. The first-order valence-corrected chi connectivity index (χ1v) is 10.1. The van der Waals surface area contributed by atoms with Gasteiger partial charge in [0.2, 0.25) is 0 Å². The van der Waals surface area contributed by atoms with Crippen molar-refractivity contribution in [2.45, 2.75) is 75.7 Å². The summed E-state index contributed by atoms with van der Waals surface area (Å²) in [5, 5.41) is 59.6. The Morgan fingerprint density at radius 3 is 2.50 bits per heavy atom. The Kier molecular flexibility index (Phi) is 6.59. The molecule has 0 unspecified atom stereocenters. The molecule has 0 spiro atoms. The molecule has 0 bridgehead atoms. The van der Waals surface area contributed by atoms with E-state index in [9.17, 15) is 30.3 Å². The number of carbonyl (C=O) groups is 1. The van der Waals surface area contributed by atoms with Crippen LogP contribution < -0.4 is 9.47 Å². The van der Waals surface area contributed by atoms with Crippen LogP contribution in [0.2, 0.25) is 0 Å². The van der Waals surface area contributed by atoms with E-state index < -0.39 is 48.0 Å². The van der Waals surface area contributed by atoms with E-state index in [2.05, 4.69) is 0 Å². The van der Waals surface area contributed by atoms with Crippen LogP contribution in [-0.2, 0) is 17.6 Å². The van der Waals surface area contributed by atoms with Crippen LogP contribution in [0.25, 0.3) is 0 Å². The number of fused-ring (bicyclic) bond motifs is 1. The van der Waals surface area contributed by atoms with Crippen molar-refractivity contribution in [1.82, 2.24) is 0 Å². The average molecular weight is 426 g/mol. The van der Waals surface area contributed by atoms with Crippen molar-refractivity contribution in [3.8, 4) is 11.5 Å². The number of hydrogen-bond acceptors (Lipinski definition) is 8. The van der Waals surface area contributed by atoms with Crippen LogP contribution in [0.3, 0.4) is 0 Å². The first-order valence-electron chi connectivity index (χ1n) is 10.1. The molecule has 9 nitrogen and oxygen atoms in total. The molecule has 30 heavy (non-hydrogen) atoms. The standard InChI is InChI=1S/C21H30O9/c1-21(2,28)15-8-12-13(29-15)5-3-10(4-6-16(23)24)20(12)30-14-7-11(9-22)17(25)19(27)18(14)26/h3,5,11,14-15,17-19,22,25-28H,4,6-9H2,1-2H3,(H,23,24)/t11-,14+,15-,17+,18+,19+/m0/s1. The highest BCUT2D eigenvalue weighted by Crippen LogP contribution is 2.43. The van der Waals surface area contributed by atoms with Crippen molar-refractivity contribution in [1.29, 1.82) is 0 Å². The summed E-state index contributed by atoms with van der Waals surface area (Å²) in [6.07, 6.45) is -5.11. The Balaban J connectivity index is 1.94. The van der Waals surface area contributed by atoms with Gasteiger partial charge in [0.15, 0.2) is 0 Å². The molecule has 1 fully saturated rings. The molecule has 1 aliphatic heterocycles. The Morgan fingerprint density at radius 2 is 1.90 bits per heavy atom. The quantitative estimate of drug-likeness (QED) is 0.342. The fraction of sp³-hybridized carbons (Fsp3) is 0.667. The topological polar surface area (TPSA) is 157 Å².